The van der Waals surface area contributed by atoms with Crippen molar-refractivity contribution in [1.82, 2.24) is 5.32 Å². The number of amides is 1. The van der Waals surface area contributed by atoms with E-state index in [4.69, 9.17) is 39.4 Å². The second kappa shape index (κ2) is 12.1. The van der Waals surface area contributed by atoms with Crippen molar-refractivity contribution in [2.24, 2.45) is 16.5 Å². The van der Waals surface area contributed by atoms with Gasteiger partial charge in [-0.3, -0.25) is 4.79 Å². The van der Waals surface area contributed by atoms with Crippen LogP contribution in [0.4, 0.5) is 5.69 Å². The first kappa shape index (κ1) is 25.8. The molecule has 0 aliphatic carbocycles. The zero-order chi connectivity index (χ0) is 25.4. The molecule has 3 aromatic rings. The van der Waals surface area contributed by atoms with Gasteiger partial charge in [-0.1, -0.05) is 47.5 Å². The molecule has 0 radical (unpaired) electrons. The molecule has 0 spiro atoms. The zero-order valence-corrected chi connectivity index (χ0v) is 20.4. The summed E-state index contributed by atoms with van der Waals surface area (Å²) in [6.45, 7) is 2.23. The molecule has 9 heteroatoms. The van der Waals surface area contributed by atoms with E-state index in [0.29, 0.717) is 32.4 Å². The van der Waals surface area contributed by atoms with E-state index >= 15 is 0 Å². The quantitative estimate of drug-likeness (QED) is 0.173. The number of ether oxygens (including phenoxy) is 1. The molecule has 5 N–H and O–H groups in total. The second-order valence-electron chi connectivity index (χ2n) is 7.44. The first-order valence-electron chi connectivity index (χ1n) is 10.7. The first-order chi connectivity index (χ1) is 16.7. The maximum atomic E-state index is 12.7. The lowest BCUT2D eigenvalue weighted by Gasteiger charge is -2.12. The molecule has 0 saturated carbocycles. The molecule has 0 saturated heterocycles. The normalized spacial score (nSPS) is 11.0. The van der Waals surface area contributed by atoms with Crippen LogP contribution >= 0.6 is 23.2 Å². The van der Waals surface area contributed by atoms with Gasteiger partial charge in [0.05, 0.1) is 12.3 Å². The summed E-state index contributed by atoms with van der Waals surface area (Å²) >= 11 is 12.4. The van der Waals surface area contributed by atoms with Crippen molar-refractivity contribution in [1.29, 1.82) is 0 Å². The molecule has 0 fully saturated rings. The molecular formula is C26H24Cl2N4O3. The fourth-order valence-electron chi connectivity index (χ4n) is 3.34. The lowest BCUT2D eigenvalue weighted by atomic mass is 9.96. The second-order valence-corrected chi connectivity index (χ2v) is 8.31. The minimum absolute atomic E-state index is 0.0907. The number of nitrogens with two attached hydrogens (primary N) is 2. The SMILES string of the molecule is CCOC(=O)/C=C(\c1cc(Cl)cc(Cl)c1)c1cccc(CNC(=O)c2cccc(N=C(N)N)c2)c1. The Bertz CT molecular complexity index is 1280. The Morgan fingerprint density at radius 1 is 0.943 bits per heavy atom. The smallest absolute Gasteiger partial charge is 0.331 e. The molecule has 0 aliphatic heterocycles. The predicted octanol–water partition coefficient (Wildman–Crippen LogP) is 4.82. The summed E-state index contributed by atoms with van der Waals surface area (Å²) in [6, 6.07) is 19.1. The van der Waals surface area contributed by atoms with Crippen LogP contribution in [0.15, 0.2) is 77.8 Å². The highest BCUT2D eigenvalue weighted by Crippen LogP contribution is 2.29. The molecule has 0 aromatic heterocycles. The van der Waals surface area contributed by atoms with Crippen LogP contribution in [0.25, 0.3) is 5.57 Å². The molecule has 0 aliphatic rings. The van der Waals surface area contributed by atoms with Gasteiger partial charge in [0.25, 0.3) is 5.91 Å². The molecule has 3 rings (SSSR count). The molecule has 3 aromatic carbocycles. The molecule has 0 bridgehead atoms. The summed E-state index contributed by atoms with van der Waals surface area (Å²) in [5.41, 5.74) is 14.5. The van der Waals surface area contributed by atoms with Gasteiger partial charge in [0, 0.05) is 28.2 Å². The minimum atomic E-state index is -0.488. The highest BCUT2D eigenvalue weighted by molar-refractivity contribution is 6.35. The first-order valence-corrected chi connectivity index (χ1v) is 11.4. The number of guanidine groups is 1. The average Bonchev–Trinajstić information content (AvgIpc) is 2.80. The summed E-state index contributed by atoms with van der Waals surface area (Å²) in [5, 5.41) is 3.75. The Kier molecular flexibility index (Phi) is 8.89. The van der Waals surface area contributed by atoms with Gasteiger partial charge in [-0.25, -0.2) is 9.79 Å². The van der Waals surface area contributed by atoms with Gasteiger partial charge in [0.15, 0.2) is 5.96 Å². The van der Waals surface area contributed by atoms with E-state index in [1.807, 2.05) is 24.3 Å². The molecular weight excluding hydrogens is 487 g/mol. The summed E-state index contributed by atoms with van der Waals surface area (Å²) in [6.07, 6.45) is 1.40. The van der Waals surface area contributed by atoms with Crippen molar-refractivity contribution in [3.8, 4) is 0 Å². The zero-order valence-electron chi connectivity index (χ0n) is 18.9. The van der Waals surface area contributed by atoms with E-state index in [1.165, 1.54) is 6.08 Å². The van der Waals surface area contributed by atoms with Gasteiger partial charge >= 0.3 is 5.97 Å². The number of halogens is 2. The van der Waals surface area contributed by atoms with Crippen LogP contribution in [-0.4, -0.2) is 24.4 Å². The molecule has 0 heterocycles. The third-order valence-corrected chi connectivity index (χ3v) is 5.22. The Hall–Kier alpha value is -3.81. The number of benzene rings is 3. The van der Waals surface area contributed by atoms with E-state index in [9.17, 15) is 9.59 Å². The van der Waals surface area contributed by atoms with Crippen LogP contribution < -0.4 is 16.8 Å². The fourth-order valence-corrected chi connectivity index (χ4v) is 3.87. The summed E-state index contributed by atoms with van der Waals surface area (Å²) < 4.78 is 5.10. The highest BCUT2D eigenvalue weighted by Gasteiger charge is 2.12. The topological polar surface area (TPSA) is 120 Å². The number of nitrogens with zero attached hydrogens (tertiary/aromatic N) is 1. The van der Waals surface area contributed by atoms with Crippen LogP contribution in [0.5, 0.6) is 0 Å². The highest BCUT2D eigenvalue weighted by atomic mass is 35.5. The largest absolute Gasteiger partial charge is 0.463 e. The monoisotopic (exact) mass is 510 g/mol. The Morgan fingerprint density at radius 3 is 2.31 bits per heavy atom. The van der Waals surface area contributed by atoms with Gasteiger partial charge in [0.2, 0.25) is 0 Å². The fraction of sp³-hybridized carbons (Fsp3) is 0.115. The van der Waals surface area contributed by atoms with E-state index in [-0.39, 0.29) is 25.0 Å². The number of hydrogen-bond donors (Lipinski definition) is 3. The number of carbonyl (C=O) groups is 2. The van der Waals surface area contributed by atoms with Crippen LogP contribution in [0.1, 0.15) is 34.0 Å². The van der Waals surface area contributed by atoms with Crippen molar-refractivity contribution in [2.75, 3.05) is 6.61 Å². The van der Waals surface area contributed by atoms with Gasteiger partial charge in [0.1, 0.15) is 0 Å². The molecule has 1 amide bonds. The lowest BCUT2D eigenvalue weighted by Crippen LogP contribution is -2.23. The third kappa shape index (κ3) is 7.60. The van der Waals surface area contributed by atoms with Crippen molar-refractivity contribution in [3.63, 3.8) is 0 Å². The van der Waals surface area contributed by atoms with Crippen molar-refractivity contribution >= 4 is 52.3 Å². The van der Waals surface area contributed by atoms with Gasteiger partial charge in [-0.2, -0.15) is 0 Å². The average molecular weight is 511 g/mol. The minimum Gasteiger partial charge on any atom is -0.463 e. The van der Waals surface area contributed by atoms with Crippen LogP contribution in [-0.2, 0) is 16.1 Å². The third-order valence-electron chi connectivity index (χ3n) is 4.78. The number of esters is 1. The van der Waals surface area contributed by atoms with E-state index in [2.05, 4.69) is 10.3 Å². The summed E-state index contributed by atoms with van der Waals surface area (Å²) in [4.78, 5) is 28.9. The number of nitrogens with one attached hydrogen (secondary N) is 1. The van der Waals surface area contributed by atoms with Crippen molar-refractivity contribution in [2.45, 2.75) is 13.5 Å². The Balaban J connectivity index is 1.86. The van der Waals surface area contributed by atoms with Gasteiger partial charge < -0.3 is 21.5 Å². The Labute approximate surface area is 213 Å². The summed E-state index contributed by atoms with van der Waals surface area (Å²) in [5.74, 6) is -0.864. The summed E-state index contributed by atoms with van der Waals surface area (Å²) in [7, 11) is 0. The molecule has 35 heavy (non-hydrogen) atoms. The van der Waals surface area contributed by atoms with Gasteiger partial charge in [-0.15, -0.1) is 0 Å². The van der Waals surface area contributed by atoms with Gasteiger partial charge in [-0.05, 0) is 71.7 Å². The van der Waals surface area contributed by atoms with Crippen LogP contribution in [0.2, 0.25) is 10.0 Å². The van der Waals surface area contributed by atoms with Crippen molar-refractivity contribution < 1.29 is 14.3 Å². The number of aliphatic imine (C=N–C) groups is 1. The predicted molar refractivity (Wildman–Crippen MR) is 140 cm³/mol. The molecule has 7 nitrogen and oxygen atoms in total. The molecule has 180 valence electrons. The van der Waals surface area contributed by atoms with E-state index < -0.39 is 5.97 Å². The standard InChI is InChI=1S/C26H24Cl2N4O3/c1-2-35-24(33)14-23(19-10-20(27)13-21(28)11-19)17-6-3-5-16(9-17)15-31-25(34)18-7-4-8-22(12-18)32-26(29)30/h3-14H,2,15H2,1H3,(H,31,34)(H4,29,30,32)/b23-14-. The number of carbonyl (C=O) groups excluding carboxylic acids is 2. The van der Waals surface area contributed by atoms with Crippen LogP contribution in [0.3, 0.4) is 0 Å². The Morgan fingerprint density at radius 2 is 1.63 bits per heavy atom. The van der Waals surface area contributed by atoms with Crippen molar-refractivity contribution in [3.05, 3.63) is 105 Å². The van der Waals surface area contributed by atoms with Crippen LogP contribution in [0, 0.1) is 0 Å². The molecule has 0 atom stereocenters. The number of hydrogen-bond acceptors (Lipinski definition) is 4. The lowest BCUT2D eigenvalue weighted by molar-refractivity contribution is -0.137. The van der Waals surface area contributed by atoms with E-state index in [0.717, 1.165) is 11.1 Å². The maximum Gasteiger partial charge on any atom is 0.331 e. The number of rotatable bonds is 8. The van der Waals surface area contributed by atoms with E-state index in [1.54, 1.807) is 49.4 Å². The maximum absolute atomic E-state index is 12.7. The molecule has 0 unspecified atom stereocenters.